The quantitative estimate of drug-likeness (QED) is 0.266. The van der Waals surface area contributed by atoms with Gasteiger partial charge >= 0.3 is 7.25 Å². The van der Waals surface area contributed by atoms with E-state index in [1.807, 2.05) is 0 Å². The maximum Gasteiger partial charge on any atom is 0.673 e. The second kappa shape index (κ2) is 4.59. The molecule has 0 aromatic rings. The van der Waals surface area contributed by atoms with Gasteiger partial charge < -0.3 is 17.3 Å². The number of rotatable bonds is 0. The molecule has 0 nitrogen and oxygen atoms in total. The Morgan fingerprint density at radius 2 is 1.25 bits per heavy atom. The van der Waals surface area contributed by atoms with Crippen molar-refractivity contribution >= 4 is 7.25 Å². The van der Waals surface area contributed by atoms with Gasteiger partial charge in [0.25, 0.3) is 0 Å². The first-order valence-electron chi connectivity index (χ1n) is 1.78. The van der Waals surface area contributed by atoms with Crippen LogP contribution < -0.4 is 0 Å². The van der Waals surface area contributed by atoms with Crippen LogP contribution in [0.4, 0.5) is 17.3 Å². The first kappa shape index (κ1) is 10.4. The molecule has 0 bridgehead atoms. The lowest BCUT2D eigenvalue weighted by atomic mass is 10.3. The maximum atomic E-state index is 9.75. The van der Waals surface area contributed by atoms with Gasteiger partial charge in [-0.1, -0.05) is 0 Å². The Morgan fingerprint density at radius 1 is 1.25 bits per heavy atom. The topological polar surface area (TPSA) is 0 Å². The molecule has 0 amide bonds. The molecule has 0 aromatic carbocycles. The summed E-state index contributed by atoms with van der Waals surface area (Å²) in [6, 6.07) is 0. The molecule has 0 N–H and O–H groups in total. The van der Waals surface area contributed by atoms with Crippen LogP contribution in [0.5, 0.6) is 0 Å². The predicted molar refractivity (Wildman–Crippen MR) is 24.7 cm³/mol. The van der Waals surface area contributed by atoms with Crippen molar-refractivity contribution in [2.24, 2.45) is 0 Å². The second-order valence-corrected chi connectivity index (χ2v) is 0.828. The molecule has 0 spiro atoms. The summed E-state index contributed by atoms with van der Waals surface area (Å²) in [5, 5.41) is 0. The van der Waals surface area contributed by atoms with E-state index in [1.54, 1.807) is 6.92 Å². The first-order chi connectivity index (χ1) is 3.41. The summed E-state index contributed by atoms with van der Waals surface area (Å²) < 4.78 is 39.0. The summed E-state index contributed by atoms with van der Waals surface area (Å²) >= 11 is 0. The highest BCUT2D eigenvalue weighted by molar-refractivity contribution is 6.50. The highest BCUT2D eigenvalue weighted by Crippen LogP contribution is 2.06. The maximum absolute atomic E-state index is 9.75. The van der Waals surface area contributed by atoms with E-state index in [0.29, 0.717) is 0 Å². The third kappa shape index (κ3) is 335. The van der Waals surface area contributed by atoms with Crippen molar-refractivity contribution in [3.05, 3.63) is 12.7 Å². The summed E-state index contributed by atoms with van der Waals surface area (Å²) in [4.78, 5) is 0. The van der Waals surface area contributed by atoms with E-state index in [4.69, 9.17) is 6.58 Å². The van der Waals surface area contributed by atoms with E-state index >= 15 is 0 Å². The highest BCUT2D eigenvalue weighted by atomic mass is 19.5. The van der Waals surface area contributed by atoms with Crippen LogP contribution in [-0.2, 0) is 0 Å². The molecule has 0 rings (SSSR count). The van der Waals surface area contributed by atoms with Gasteiger partial charge in [-0.05, 0) is 0 Å². The molecule has 5 heteroatoms. The average Bonchev–Trinajstić information content (AvgIpc) is 1.27. The van der Waals surface area contributed by atoms with E-state index in [-0.39, 0.29) is 0 Å². The van der Waals surface area contributed by atoms with Gasteiger partial charge in [-0.3, -0.25) is 0 Å². The monoisotopic (exact) mass is 128 g/mol. The largest absolute Gasteiger partial charge is 0.673 e. The Balaban J connectivity index is 0. The molecule has 0 aliphatic carbocycles. The minimum atomic E-state index is -6.00. The summed E-state index contributed by atoms with van der Waals surface area (Å²) in [7, 11) is -6.00. The van der Waals surface area contributed by atoms with Gasteiger partial charge in [-0.15, -0.1) is 0 Å². The normalized spacial score (nSPS) is 9.00. The fourth-order valence-corrected chi connectivity index (χ4v) is 0. The third-order valence-corrected chi connectivity index (χ3v) is 0. The molecule has 0 aromatic heterocycles. The minimum absolute atomic E-state index is 1.50. The van der Waals surface area contributed by atoms with Crippen molar-refractivity contribution in [2.45, 2.75) is 6.92 Å². The summed E-state index contributed by atoms with van der Waals surface area (Å²) in [6.07, 6.45) is 1.50. The lowest BCUT2D eigenvalue weighted by Gasteiger charge is -1.94. The number of hydrogen-bond donors (Lipinski definition) is 0. The van der Waals surface area contributed by atoms with Crippen molar-refractivity contribution in [3.63, 3.8) is 0 Å². The molecule has 48 valence electrons. The number of allylic oxidation sites excluding steroid dienone is 1. The van der Waals surface area contributed by atoms with Crippen LogP contribution in [0.25, 0.3) is 0 Å². The van der Waals surface area contributed by atoms with Gasteiger partial charge in [-0.25, -0.2) is 0 Å². The molecule has 0 saturated carbocycles. The van der Waals surface area contributed by atoms with E-state index < -0.39 is 7.25 Å². The van der Waals surface area contributed by atoms with Crippen molar-refractivity contribution in [2.75, 3.05) is 0 Å². The van der Waals surface area contributed by atoms with E-state index in [1.165, 1.54) is 6.08 Å². The lowest BCUT2D eigenvalue weighted by molar-refractivity contribution is 0.368. The van der Waals surface area contributed by atoms with Crippen LogP contribution in [0.15, 0.2) is 6.08 Å². The van der Waals surface area contributed by atoms with Gasteiger partial charge in [0.2, 0.25) is 6.58 Å². The van der Waals surface area contributed by atoms with E-state index in [9.17, 15) is 17.3 Å². The zero-order valence-electron chi connectivity index (χ0n) is 4.24. The Bertz CT molecular complexity index is 50.8. The zero-order chi connectivity index (χ0) is 7.21. The Morgan fingerprint density at radius 3 is 1.25 bits per heavy atom. The first-order valence-corrected chi connectivity index (χ1v) is 1.78. The molecule has 8 heavy (non-hydrogen) atoms. The second-order valence-electron chi connectivity index (χ2n) is 0.828. The van der Waals surface area contributed by atoms with Crippen molar-refractivity contribution in [3.8, 4) is 0 Å². The standard InChI is InChI=1S/C3H5.BF4/c1-3-2;2-1(3,4)5/h1,3H,2H3;/q+1;-1. The molecule has 0 aliphatic rings. The van der Waals surface area contributed by atoms with Gasteiger partial charge in [0.15, 0.2) is 0 Å². The molecule has 0 fully saturated rings. The number of hydrogen-bond acceptors (Lipinski definition) is 0. The van der Waals surface area contributed by atoms with Gasteiger partial charge in [0.1, 0.15) is 6.08 Å². The van der Waals surface area contributed by atoms with Crippen LogP contribution in [-0.4, -0.2) is 7.25 Å². The predicted octanol–water partition coefficient (Wildman–Crippen LogP) is 2.30. The molecule has 0 aliphatic heterocycles. The molecular weight excluding hydrogens is 123 g/mol. The van der Waals surface area contributed by atoms with Crippen molar-refractivity contribution in [1.82, 2.24) is 0 Å². The smallest absolute Gasteiger partial charge is 0.418 e. The third-order valence-electron chi connectivity index (χ3n) is 0. The van der Waals surface area contributed by atoms with Crippen molar-refractivity contribution < 1.29 is 17.3 Å². The van der Waals surface area contributed by atoms with E-state index in [2.05, 4.69) is 0 Å². The number of halogens is 4. The summed E-state index contributed by atoms with van der Waals surface area (Å²) in [6.45, 7) is 6.50. The van der Waals surface area contributed by atoms with E-state index in [0.717, 1.165) is 0 Å². The molecule has 0 unspecified atom stereocenters. The van der Waals surface area contributed by atoms with Crippen LogP contribution in [0.2, 0.25) is 0 Å². The van der Waals surface area contributed by atoms with Gasteiger partial charge in [-0.2, -0.15) is 0 Å². The SMILES string of the molecule is F[B-](F)(F)F.[CH+]=CC. The Kier molecular flexibility index (Phi) is 5.98. The minimum Gasteiger partial charge on any atom is -0.418 e. The van der Waals surface area contributed by atoms with Crippen LogP contribution in [0.1, 0.15) is 6.92 Å². The molecule has 0 radical (unpaired) electrons. The molecule has 0 atom stereocenters. The van der Waals surface area contributed by atoms with Crippen molar-refractivity contribution in [1.29, 1.82) is 0 Å². The van der Waals surface area contributed by atoms with Crippen LogP contribution >= 0.6 is 0 Å². The molecule has 0 heterocycles. The molecule has 0 saturated heterocycles. The molecular formula is C3H5BF4. The van der Waals surface area contributed by atoms with Gasteiger partial charge in [0.05, 0.1) is 0 Å². The van der Waals surface area contributed by atoms with Crippen LogP contribution in [0.3, 0.4) is 0 Å². The Hall–Kier alpha value is -0.565. The Labute approximate surface area is 45.3 Å². The fourth-order valence-electron chi connectivity index (χ4n) is 0. The average molecular weight is 128 g/mol. The summed E-state index contributed by atoms with van der Waals surface area (Å²) in [5.41, 5.74) is 0. The fraction of sp³-hybridized carbons (Fsp3) is 0.333. The van der Waals surface area contributed by atoms with Gasteiger partial charge in [0, 0.05) is 6.92 Å². The summed E-state index contributed by atoms with van der Waals surface area (Å²) in [5.74, 6) is 0. The lowest BCUT2D eigenvalue weighted by Crippen LogP contribution is -2.02. The highest BCUT2D eigenvalue weighted by Gasteiger charge is 2.20. The zero-order valence-corrected chi connectivity index (χ0v) is 4.24. The van der Waals surface area contributed by atoms with Crippen LogP contribution in [0, 0.1) is 6.58 Å².